The minimum atomic E-state index is -0.958. The summed E-state index contributed by atoms with van der Waals surface area (Å²) in [5.74, 6) is -5.03. The van der Waals surface area contributed by atoms with Gasteiger partial charge in [-0.2, -0.15) is 0 Å². The number of aliphatic hydroxyl groups is 4. The molecule has 19 nitrogen and oxygen atoms in total. The largest absolute Gasteiger partial charge is 0.457 e. The van der Waals surface area contributed by atoms with Crippen molar-refractivity contribution in [2.75, 3.05) is 14.2 Å². The van der Waals surface area contributed by atoms with Crippen LogP contribution in [0.2, 0.25) is 0 Å². The summed E-state index contributed by atoms with van der Waals surface area (Å²) >= 11 is 0. The van der Waals surface area contributed by atoms with Gasteiger partial charge in [-0.15, -0.1) is 0 Å². The lowest BCUT2D eigenvalue weighted by Crippen LogP contribution is -2.61. The second-order valence-corrected chi connectivity index (χ2v) is 22.8. The van der Waals surface area contributed by atoms with E-state index in [0.29, 0.717) is 11.4 Å². The number of ether oxygens (including phenoxy) is 9. The molecule has 75 heavy (non-hydrogen) atoms. The number of carbonyl (C=O) groups excluding carboxylic acids is 4. The molecule has 5 aliphatic heterocycles. The Kier molecular flexibility index (Phi) is 14.5. The van der Waals surface area contributed by atoms with Crippen LogP contribution in [0.1, 0.15) is 89.2 Å². The molecule has 3 saturated carbocycles. The molecule has 11 rings (SSSR count). The molecule has 6 fully saturated rings. The molecule has 8 bridgehead atoms. The average Bonchev–Trinajstić information content (AvgIpc) is 3.95. The normalized spacial score (nSPS) is 47.4. The number of cyclic esters (lactones) is 2. The number of methoxy groups -OCH3 is 2. The number of aromatic amines is 2. The molecule has 19 heteroatoms. The molecule has 0 amide bonds. The minimum absolute atomic E-state index is 0.175. The Bertz CT molecular complexity index is 2540. The quantitative estimate of drug-likeness (QED) is 0.0944. The second-order valence-electron chi connectivity index (χ2n) is 22.8. The van der Waals surface area contributed by atoms with Gasteiger partial charge in [-0.3, -0.25) is 0 Å². The Morgan fingerprint density at radius 3 is 1.68 bits per heavy atom. The van der Waals surface area contributed by atoms with Crippen LogP contribution in [0.3, 0.4) is 0 Å². The molecule has 0 radical (unpaired) electrons. The maximum absolute atomic E-state index is 13.2. The first-order chi connectivity index (χ1) is 35.7. The number of aliphatic hydroxyl groups excluding tert-OH is 4. The first kappa shape index (κ1) is 53.7. The van der Waals surface area contributed by atoms with Gasteiger partial charge in [0.25, 0.3) is 0 Å². The highest BCUT2D eigenvalue weighted by Crippen LogP contribution is 2.68. The number of carbonyl (C=O) groups is 4. The van der Waals surface area contributed by atoms with Gasteiger partial charge in [0.2, 0.25) is 0 Å². The number of hydrogen-bond donors (Lipinski definition) is 6. The van der Waals surface area contributed by atoms with Crippen LogP contribution in [0, 0.1) is 59.2 Å². The Balaban J connectivity index is 0.000000171. The number of nitrogens with one attached hydrogen (secondary N) is 2. The van der Waals surface area contributed by atoms with E-state index in [1.54, 1.807) is 50.5 Å². The van der Waals surface area contributed by atoms with E-state index in [2.05, 4.69) is 9.97 Å². The molecule has 3 saturated heterocycles. The lowest BCUT2D eigenvalue weighted by Gasteiger charge is -2.49. The van der Waals surface area contributed by atoms with Crippen LogP contribution in [0.15, 0.2) is 72.1 Å². The van der Waals surface area contributed by atoms with Gasteiger partial charge >= 0.3 is 23.9 Å². The van der Waals surface area contributed by atoms with Gasteiger partial charge < -0.3 is 73.0 Å². The minimum Gasteiger partial charge on any atom is -0.457 e. The summed E-state index contributed by atoms with van der Waals surface area (Å²) in [7, 11) is 2.93. The van der Waals surface area contributed by atoms with Crippen molar-refractivity contribution in [3.63, 3.8) is 0 Å². The number of hydrogen-bond acceptors (Lipinski definition) is 17. The van der Waals surface area contributed by atoms with Crippen molar-refractivity contribution in [2.24, 2.45) is 59.2 Å². The predicted molar refractivity (Wildman–Crippen MR) is 264 cm³/mol. The number of aromatic nitrogens is 2. The lowest BCUT2D eigenvalue weighted by molar-refractivity contribution is -0.173. The SMILES string of the molecule is CO[C@H]1C[C@H]2C=C[C@H]3[C@H]4O[C@]2(/C(C)=C/[C@@H](C)[C@@H]([C@@H](C)O)OC1=O)[C@@H]3[C@H](O)[C@@H](C)[C@H]4OC(=O)c1ccc[nH]1.CO[C@H]1C[C@H]2[C@@H]3O[C@@H]3[C@H]3[C@H]4O[C@]2(/C(C)=C/[C@@H](C)[C@@H]([C@@H](C)O)OC1=O)[C@@H]3[C@H](O)[C@@H](C)[C@H]4OC(=O)c1ccc[nH]1. The van der Waals surface area contributed by atoms with E-state index in [-0.39, 0.29) is 84.2 Å². The first-order valence-corrected chi connectivity index (χ1v) is 26.6. The van der Waals surface area contributed by atoms with Gasteiger partial charge in [-0.25, -0.2) is 19.2 Å². The maximum atomic E-state index is 13.2. The fourth-order valence-corrected chi connectivity index (χ4v) is 15.1. The fourth-order valence-electron chi connectivity index (χ4n) is 15.1. The smallest absolute Gasteiger partial charge is 0.355 e. The van der Waals surface area contributed by atoms with E-state index < -0.39 is 108 Å². The highest BCUT2D eigenvalue weighted by atomic mass is 16.6. The van der Waals surface area contributed by atoms with E-state index in [0.717, 1.165) is 11.1 Å². The third kappa shape index (κ3) is 8.67. The zero-order valence-electron chi connectivity index (χ0n) is 44.1. The summed E-state index contributed by atoms with van der Waals surface area (Å²) in [5, 5.41) is 44.3. The summed E-state index contributed by atoms with van der Waals surface area (Å²) in [6.45, 7) is 14.7. The van der Waals surface area contributed by atoms with Gasteiger partial charge in [0.15, 0.2) is 12.2 Å². The van der Waals surface area contributed by atoms with Crippen LogP contribution in [0.25, 0.3) is 0 Å². The third-order valence-electron chi connectivity index (χ3n) is 18.6. The molecule has 4 aliphatic carbocycles. The topological polar surface area (TPSA) is 267 Å². The molecule has 6 N–H and O–H groups in total. The number of rotatable bonds is 8. The molecular weight excluding hydrogens is 973 g/mol. The van der Waals surface area contributed by atoms with Crippen LogP contribution in [-0.4, -0.2) is 165 Å². The Labute approximate surface area is 436 Å². The van der Waals surface area contributed by atoms with E-state index in [1.807, 2.05) is 65.8 Å². The molecule has 2 aromatic rings. The van der Waals surface area contributed by atoms with Gasteiger partial charge in [0.05, 0.1) is 36.6 Å². The van der Waals surface area contributed by atoms with Crippen LogP contribution in [0.4, 0.5) is 0 Å². The maximum Gasteiger partial charge on any atom is 0.355 e. The van der Waals surface area contributed by atoms with Crippen molar-refractivity contribution in [1.82, 2.24) is 9.97 Å². The van der Waals surface area contributed by atoms with E-state index in [1.165, 1.54) is 14.2 Å². The molecular formula is C56H74N2O17. The molecule has 0 aromatic carbocycles. The van der Waals surface area contributed by atoms with Crippen molar-refractivity contribution >= 4 is 23.9 Å². The number of epoxide rings is 1. The lowest BCUT2D eigenvalue weighted by atomic mass is 9.55. The predicted octanol–water partition coefficient (Wildman–Crippen LogP) is 4.01. The molecule has 2 aromatic heterocycles. The summed E-state index contributed by atoms with van der Waals surface area (Å²) in [6, 6.07) is 6.75. The highest BCUT2D eigenvalue weighted by Gasteiger charge is 2.79. The van der Waals surface area contributed by atoms with Crippen LogP contribution >= 0.6 is 0 Å². The van der Waals surface area contributed by atoms with Gasteiger partial charge in [0.1, 0.15) is 59.2 Å². The van der Waals surface area contributed by atoms with Gasteiger partial charge in [-0.1, -0.05) is 52.0 Å². The number of fused-ring (bicyclic) bond motifs is 2. The zero-order chi connectivity index (χ0) is 53.7. The molecule has 2 spiro atoms. The Hall–Kier alpha value is -4.70. The van der Waals surface area contributed by atoms with Crippen LogP contribution in [-0.2, 0) is 52.2 Å². The molecule has 410 valence electrons. The third-order valence-corrected chi connectivity index (χ3v) is 18.6. The summed E-state index contributed by atoms with van der Waals surface area (Å²) in [5.41, 5.74) is 0.568. The molecule has 7 heterocycles. The van der Waals surface area contributed by atoms with E-state index in [9.17, 15) is 39.6 Å². The Morgan fingerprint density at radius 2 is 1.17 bits per heavy atom. The summed E-state index contributed by atoms with van der Waals surface area (Å²) in [6.07, 6.45) is 2.52. The van der Waals surface area contributed by atoms with E-state index >= 15 is 0 Å². The average molecular weight is 1050 g/mol. The van der Waals surface area contributed by atoms with Crippen molar-refractivity contribution in [3.8, 4) is 0 Å². The number of esters is 4. The van der Waals surface area contributed by atoms with Crippen molar-refractivity contribution in [3.05, 3.63) is 83.5 Å². The summed E-state index contributed by atoms with van der Waals surface area (Å²) in [4.78, 5) is 57.8. The van der Waals surface area contributed by atoms with E-state index in [4.69, 9.17) is 42.6 Å². The zero-order valence-corrected chi connectivity index (χ0v) is 44.1. The standard InChI is InChI=1S/C28H37NO9.C28H37NO8/c1-11-9-12(2)28-15(10-17(34-5)27(33)36-21(11)14(4)30)23-24(35-23)18-19(28)20(31)13(3)22(25(18)38-28)37-26(32)16-7-6-8-29-16;1-13-11-14(2)28-17(12-20(34-5)27(33)35-23(13)16(4)30)8-9-18-21(28)22(31)15(3)24(25(18)37-28)36-26(32)19-7-6-10-29-19/h6-9,11,13-15,17-25,29-31H,10H2,1-5H3;6-11,13,15-18,20-25,29-31H,12H2,1-5H3/b12-9+;14-11+/t11-,13-,14-,15+,17+,18+,19+,20-,21+,22-,23+,24-,25-,28+;13-,15-,16-,17-,18-,20+,21+,22-,23+,24-,25-,28+/m11/s1. The first-order valence-electron chi connectivity index (χ1n) is 26.6. The molecule has 26 atom stereocenters. The van der Waals surface area contributed by atoms with Gasteiger partial charge in [0, 0.05) is 85.8 Å². The van der Waals surface area contributed by atoms with Crippen molar-refractivity contribution in [2.45, 2.75) is 165 Å². The fraction of sp³-hybridized carbons (Fsp3) is 0.679. The highest BCUT2D eigenvalue weighted by molar-refractivity contribution is 5.88. The number of H-pyrrole nitrogens is 2. The van der Waals surface area contributed by atoms with Crippen LogP contribution in [0.5, 0.6) is 0 Å². The molecule has 9 aliphatic rings. The second kappa shape index (κ2) is 20.3. The monoisotopic (exact) mass is 1050 g/mol. The van der Waals surface area contributed by atoms with Crippen molar-refractivity contribution < 1.29 is 82.2 Å². The molecule has 0 unspecified atom stereocenters. The van der Waals surface area contributed by atoms with Crippen molar-refractivity contribution in [1.29, 1.82) is 0 Å². The Morgan fingerprint density at radius 1 is 0.680 bits per heavy atom. The van der Waals surface area contributed by atoms with Gasteiger partial charge in [-0.05, 0) is 75.9 Å². The van der Waals surface area contributed by atoms with Crippen LogP contribution < -0.4 is 0 Å². The summed E-state index contributed by atoms with van der Waals surface area (Å²) < 4.78 is 54.8.